The molecule has 0 aromatic heterocycles. The summed E-state index contributed by atoms with van der Waals surface area (Å²) < 4.78 is 13.1. The van der Waals surface area contributed by atoms with Crippen LogP contribution in [-0.4, -0.2) is 18.4 Å². The molecule has 0 atom stereocenters. The number of benzene rings is 2. The van der Waals surface area contributed by atoms with Crippen LogP contribution in [0.2, 0.25) is 0 Å². The lowest BCUT2D eigenvalue weighted by molar-refractivity contribution is -0.117. The molecule has 0 aliphatic carbocycles. The van der Waals surface area contributed by atoms with E-state index >= 15 is 0 Å². The second-order valence-corrected chi connectivity index (χ2v) is 6.64. The summed E-state index contributed by atoms with van der Waals surface area (Å²) in [4.78, 5) is 25.8. The van der Waals surface area contributed by atoms with Crippen LogP contribution in [0, 0.1) is 12.7 Å². The van der Waals surface area contributed by atoms with E-state index in [4.69, 9.17) is 0 Å². The van der Waals surface area contributed by atoms with Crippen molar-refractivity contribution < 1.29 is 14.0 Å². The average Bonchev–Trinajstić information content (AvgIpc) is 2.58. The first kappa shape index (κ1) is 19.6. The van der Waals surface area contributed by atoms with Gasteiger partial charge in [0, 0.05) is 31.3 Å². The Morgan fingerprint density at radius 3 is 2.35 bits per heavy atom. The number of anilines is 2. The van der Waals surface area contributed by atoms with Crippen LogP contribution in [0.4, 0.5) is 15.8 Å². The van der Waals surface area contributed by atoms with Crippen molar-refractivity contribution in [2.75, 3.05) is 16.8 Å². The van der Waals surface area contributed by atoms with Gasteiger partial charge in [-0.05, 0) is 48.2 Å². The fourth-order valence-electron chi connectivity index (χ4n) is 2.85. The second kappa shape index (κ2) is 8.61. The van der Waals surface area contributed by atoms with Gasteiger partial charge in [0.1, 0.15) is 5.82 Å². The van der Waals surface area contributed by atoms with E-state index in [-0.39, 0.29) is 36.5 Å². The number of para-hydroxylation sites is 1. The Morgan fingerprint density at radius 1 is 1.12 bits per heavy atom. The summed E-state index contributed by atoms with van der Waals surface area (Å²) in [7, 11) is 0. The molecule has 2 amide bonds. The number of amides is 2. The van der Waals surface area contributed by atoms with Crippen molar-refractivity contribution >= 4 is 23.2 Å². The highest BCUT2D eigenvalue weighted by Gasteiger charge is 2.16. The summed E-state index contributed by atoms with van der Waals surface area (Å²) >= 11 is 0. The predicted octanol–water partition coefficient (Wildman–Crippen LogP) is 4.64. The zero-order valence-electron chi connectivity index (χ0n) is 15.7. The molecule has 0 fully saturated rings. The van der Waals surface area contributed by atoms with E-state index in [1.54, 1.807) is 0 Å². The van der Waals surface area contributed by atoms with Crippen molar-refractivity contribution in [2.24, 2.45) is 0 Å². The van der Waals surface area contributed by atoms with Crippen molar-refractivity contribution in [3.63, 3.8) is 0 Å². The molecular weight excluding hydrogens is 331 g/mol. The molecular formula is C21H25FN2O2. The standard InChI is InChI=1S/C21H25FN2O2/c1-14(2)19-7-5-6-15(3)21(19)23-20(26)12-13-24(16(4)25)18-10-8-17(22)9-11-18/h5-11,14H,12-13H2,1-4H3,(H,23,26). The van der Waals surface area contributed by atoms with E-state index in [1.165, 1.54) is 36.1 Å². The molecule has 4 nitrogen and oxygen atoms in total. The molecule has 0 aliphatic heterocycles. The highest BCUT2D eigenvalue weighted by atomic mass is 19.1. The van der Waals surface area contributed by atoms with Crippen LogP contribution in [0.25, 0.3) is 0 Å². The molecule has 26 heavy (non-hydrogen) atoms. The van der Waals surface area contributed by atoms with Crippen molar-refractivity contribution in [3.05, 3.63) is 59.4 Å². The zero-order chi connectivity index (χ0) is 19.3. The molecule has 0 aliphatic rings. The zero-order valence-corrected chi connectivity index (χ0v) is 15.7. The van der Waals surface area contributed by atoms with E-state index in [2.05, 4.69) is 19.2 Å². The second-order valence-electron chi connectivity index (χ2n) is 6.64. The number of rotatable bonds is 6. The number of carbonyl (C=O) groups is 2. The summed E-state index contributed by atoms with van der Waals surface area (Å²) in [5.41, 5.74) is 3.50. The molecule has 0 saturated carbocycles. The SMILES string of the molecule is CC(=O)N(CCC(=O)Nc1c(C)cccc1C(C)C)c1ccc(F)cc1. The maximum absolute atomic E-state index is 13.1. The molecule has 2 aromatic rings. The van der Waals surface area contributed by atoms with Crippen molar-refractivity contribution in [1.82, 2.24) is 0 Å². The van der Waals surface area contributed by atoms with Crippen LogP contribution in [0.5, 0.6) is 0 Å². The lowest BCUT2D eigenvalue weighted by atomic mass is 9.98. The lowest BCUT2D eigenvalue weighted by Crippen LogP contribution is -2.32. The summed E-state index contributed by atoms with van der Waals surface area (Å²) in [6.07, 6.45) is 0.156. The monoisotopic (exact) mass is 356 g/mol. The molecule has 0 heterocycles. The summed E-state index contributed by atoms with van der Waals surface area (Å²) in [5.74, 6) is -0.424. The van der Waals surface area contributed by atoms with E-state index in [0.717, 1.165) is 16.8 Å². The van der Waals surface area contributed by atoms with Gasteiger partial charge in [-0.1, -0.05) is 32.0 Å². The fourth-order valence-corrected chi connectivity index (χ4v) is 2.85. The summed E-state index contributed by atoms with van der Waals surface area (Å²) in [5, 5.41) is 2.98. The molecule has 0 spiro atoms. The van der Waals surface area contributed by atoms with E-state index in [9.17, 15) is 14.0 Å². The van der Waals surface area contributed by atoms with Gasteiger partial charge in [-0.2, -0.15) is 0 Å². The normalized spacial score (nSPS) is 10.7. The number of aryl methyl sites for hydroxylation is 1. The summed E-state index contributed by atoms with van der Waals surface area (Å²) in [6.45, 7) is 7.78. The van der Waals surface area contributed by atoms with E-state index in [0.29, 0.717) is 5.69 Å². The first-order valence-corrected chi connectivity index (χ1v) is 8.72. The van der Waals surface area contributed by atoms with Gasteiger partial charge in [0.2, 0.25) is 11.8 Å². The molecule has 0 unspecified atom stereocenters. The van der Waals surface area contributed by atoms with Gasteiger partial charge in [-0.25, -0.2) is 4.39 Å². The highest BCUT2D eigenvalue weighted by molar-refractivity contribution is 5.95. The largest absolute Gasteiger partial charge is 0.326 e. The number of halogens is 1. The Labute approximate surface area is 154 Å². The molecule has 5 heteroatoms. The Hall–Kier alpha value is -2.69. The Bertz CT molecular complexity index is 785. The molecule has 1 N–H and O–H groups in total. The Kier molecular flexibility index (Phi) is 6.50. The van der Waals surface area contributed by atoms with Gasteiger partial charge in [0.05, 0.1) is 0 Å². The van der Waals surface area contributed by atoms with Crippen molar-refractivity contribution in [1.29, 1.82) is 0 Å². The van der Waals surface area contributed by atoms with E-state index in [1.807, 2.05) is 25.1 Å². The first-order chi connectivity index (χ1) is 12.3. The Balaban J connectivity index is 2.08. The van der Waals surface area contributed by atoms with Gasteiger partial charge in [-0.3, -0.25) is 9.59 Å². The minimum absolute atomic E-state index is 0.156. The van der Waals surface area contributed by atoms with Crippen LogP contribution in [-0.2, 0) is 9.59 Å². The van der Waals surface area contributed by atoms with Crippen LogP contribution in [0.3, 0.4) is 0 Å². The third kappa shape index (κ3) is 4.91. The van der Waals surface area contributed by atoms with Gasteiger partial charge in [0.15, 0.2) is 0 Å². The smallest absolute Gasteiger partial charge is 0.226 e. The van der Waals surface area contributed by atoms with Crippen LogP contribution < -0.4 is 10.2 Å². The third-order valence-corrected chi connectivity index (χ3v) is 4.27. The third-order valence-electron chi connectivity index (χ3n) is 4.27. The molecule has 0 saturated heterocycles. The first-order valence-electron chi connectivity index (χ1n) is 8.72. The van der Waals surface area contributed by atoms with Gasteiger partial charge < -0.3 is 10.2 Å². The van der Waals surface area contributed by atoms with Crippen LogP contribution in [0.1, 0.15) is 44.2 Å². The van der Waals surface area contributed by atoms with Crippen LogP contribution >= 0.6 is 0 Å². The Morgan fingerprint density at radius 2 is 1.77 bits per heavy atom. The lowest BCUT2D eigenvalue weighted by Gasteiger charge is -2.21. The molecule has 0 bridgehead atoms. The molecule has 2 rings (SSSR count). The minimum atomic E-state index is -0.365. The van der Waals surface area contributed by atoms with Crippen LogP contribution in [0.15, 0.2) is 42.5 Å². The highest BCUT2D eigenvalue weighted by Crippen LogP contribution is 2.27. The van der Waals surface area contributed by atoms with Gasteiger partial charge in [-0.15, -0.1) is 0 Å². The number of nitrogens with one attached hydrogen (secondary N) is 1. The maximum Gasteiger partial charge on any atom is 0.226 e. The van der Waals surface area contributed by atoms with Crippen molar-refractivity contribution in [2.45, 2.75) is 40.0 Å². The average molecular weight is 356 g/mol. The fraction of sp³-hybridized carbons (Fsp3) is 0.333. The van der Waals surface area contributed by atoms with E-state index < -0.39 is 0 Å². The number of carbonyl (C=O) groups excluding carboxylic acids is 2. The number of hydrogen-bond acceptors (Lipinski definition) is 2. The topological polar surface area (TPSA) is 49.4 Å². The number of hydrogen-bond donors (Lipinski definition) is 1. The maximum atomic E-state index is 13.1. The molecule has 138 valence electrons. The molecule has 2 aromatic carbocycles. The summed E-state index contributed by atoms with van der Waals surface area (Å²) in [6, 6.07) is 11.6. The predicted molar refractivity (Wildman–Crippen MR) is 103 cm³/mol. The van der Waals surface area contributed by atoms with Crippen molar-refractivity contribution in [3.8, 4) is 0 Å². The quantitative estimate of drug-likeness (QED) is 0.820. The minimum Gasteiger partial charge on any atom is -0.326 e. The molecule has 0 radical (unpaired) electrons. The van der Waals surface area contributed by atoms with Gasteiger partial charge >= 0.3 is 0 Å². The number of nitrogens with zero attached hydrogens (tertiary/aromatic N) is 1. The van der Waals surface area contributed by atoms with Gasteiger partial charge in [0.25, 0.3) is 0 Å².